The maximum atomic E-state index is 13.1. The molecule has 1 heterocycles. The van der Waals surface area contributed by atoms with Crippen molar-refractivity contribution in [3.8, 4) is 0 Å². The van der Waals surface area contributed by atoms with Gasteiger partial charge >= 0.3 is 23.9 Å². The van der Waals surface area contributed by atoms with E-state index in [1.54, 1.807) is 6.08 Å². The summed E-state index contributed by atoms with van der Waals surface area (Å²) in [6.07, 6.45) is 65.4. The molecule has 12 nitrogen and oxygen atoms in total. The minimum atomic E-state index is -1.92. The third-order valence-corrected chi connectivity index (χ3v) is 14.7. The summed E-state index contributed by atoms with van der Waals surface area (Å²) in [5.41, 5.74) is 0. The van der Waals surface area contributed by atoms with Crippen LogP contribution in [0.4, 0.5) is 0 Å². The molecule has 6 atom stereocenters. The van der Waals surface area contributed by atoms with Crippen LogP contribution in [0.1, 0.15) is 278 Å². The number of carbonyl (C=O) groups is 4. The molecule has 0 aromatic rings. The van der Waals surface area contributed by atoms with Gasteiger partial charge in [0, 0.05) is 12.8 Å². The maximum absolute atomic E-state index is 13.1. The van der Waals surface area contributed by atoms with Crippen LogP contribution in [0.3, 0.4) is 0 Å². The predicted molar refractivity (Wildman–Crippen MR) is 340 cm³/mol. The van der Waals surface area contributed by atoms with Crippen LogP contribution < -0.4 is 0 Å². The Morgan fingerprint density at radius 2 is 0.795 bits per heavy atom. The normalized spacial score (nSPS) is 18.2. The number of hydrogen-bond acceptors (Lipinski definition) is 11. The average Bonchev–Trinajstić information content (AvgIpc) is 3.60. The number of esters is 3. The molecule has 83 heavy (non-hydrogen) atoms. The van der Waals surface area contributed by atoms with Gasteiger partial charge in [0.1, 0.15) is 18.8 Å². The quantitative estimate of drug-likeness (QED) is 0.0228. The Balaban J connectivity index is 2.69. The summed E-state index contributed by atoms with van der Waals surface area (Å²) in [4.78, 5) is 51.3. The van der Waals surface area contributed by atoms with Crippen LogP contribution in [0.2, 0.25) is 0 Å². The number of allylic oxidation sites excluding steroid dienone is 15. The van der Waals surface area contributed by atoms with E-state index in [0.29, 0.717) is 19.3 Å². The largest absolute Gasteiger partial charge is 0.479 e. The fourth-order valence-electron chi connectivity index (χ4n) is 9.63. The van der Waals surface area contributed by atoms with Gasteiger partial charge in [0.2, 0.25) is 0 Å². The minimum absolute atomic E-state index is 0.0487. The molecule has 0 amide bonds. The first-order valence-electron chi connectivity index (χ1n) is 33.2. The topological polar surface area (TPSA) is 175 Å². The van der Waals surface area contributed by atoms with Crippen molar-refractivity contribution in [3.05, 3.63) is 97.2 Å². The van der Waals surface area contributed by atoms with Crippen molar-refractivity contribution in [2.75, 3.05) is 13.2 Å². The summed E-state index contributed by atoms with van der Waals surface area (Å²) in [5, 5.41) is 31.6. The molecule has 0 spiro atoms. The van der Waals surface area contributed by atoms with E-state index in [0.717, 1.165) is 103 Å². The zero-order valence-corrected chi connectivity index (χ0v) is 52.4. The highest BCUT2D eigenvalue weighted by Gasteiger charge is 2.50. The van der Waals surface area contributed by atoms with Crippen molar-refractivity contribution in [1.82, 2.24) is 0 Å². The van der Waals surface area contributed by atoms with Crippen molar-refractivity contribution in [2.45, 2.75) is 314 Å². The number of unbranched alkanes of at least 4 members (excludes halogenated alkanes) is 27. The lowest BCUT2D eigenvalue weighted by Crippen LogP contribution is -2.61. The summed E-state index contributed by atoms with van der Waals surface area (Å²) in [5.74, 6) is -3.30. The lowest BCUT2D eigenvalue weighted by atomic mass is 9.98. The number of carbonyl (C=O) groups excluding carboxylic acids is 3. The molecule has 12 heteroatoms. The summed E-state index contributed by atoms with van der Waals surface area (Å²) >= 11 is 0. The zero-order valence-electron chi connectivity index (χ0n) is 52.4. The number of ether oxygens (including phenoxy) is 5. The van der Waals surface area contributed by atoms with Gasteiger partial charge in [0.15, 0.2) is 24.6 Å². The Morgan fingerprint density at radius 3 is 1.24 bits per heavy atom. The van der Waals surface area contributed by atoms with Gasteiger partial charge in [0.25, 0.3) is 0 Å². The van der Waals surface area contributed by atoms with E-state index in [-0.39, 0.29) is 25.9 Å². The molecule has 1 fully saturated rings. The molecule has 1 rings (SSSR count). The number of hydrogen-bond donors (Lipinski definition) is 3. The molecule has 1 saturated heterocycles. The zero-order chi connectivity index (χ0) is 60.3. The first-order valence-corrected chi connectivity index (χ1v) is 33.2. The van der Waals surface area contributed by atoms with Gasteiger partial charge in [0.05, 0.1) is 13.0 Å². The first-order chi connectivity index (χ1) is 40.6. The molecule has 0 aliphatic carbocycles. The fourth-order valence-corrected chi connectivity index (χ4v) is 9.63. The van der Waals surface area contributed by atoms with Crippen molar-refractivity contribution in [1.29, 1.82) is 0 Å². The van der Waals surface area contributed by atoms with Crippen molar-refractivity contribution in [3.63, 3.8) is 0 Å². The predicted octanol–water partition coefficient (Wildman–Crippen LogP) is 18.0. The van der Waals surface area contributed by atoms with Gasteiger partial charge in [-0.2, -0.15) is 0 Å². The second-order valence-corrected chi connectivity index (χ2v) is 22.4. The number of aliphatic carboxylic acids is 1. The highest BCUT2D eigenvalue weighted by molar-refractivity contribution is 5.74. The van der Waals surface area contributed by atoms with Gasteiger partial charge in [-0.3, -0.25) is 14.4 Å². The third kappa shape index (κ3) is 47.6. The first kappa shape index (κ1) is 76.7. The summed E-state index contributed by atoms with van der Waals surface area (Å²) in [6, 6.07) is 0. The molecule has 0 aromatic heterocycles. The molecule has 1 aliphatic heterocycles. The number of carboxylic acids is 1. The molecule has 0 saturated carbocycles. The second kappa shape index (κ2) is 58.0. The van der Waals surface area contributed by atoms with Crippen LogP contribution in [0.5, 0.6) is 0 Å². The molecule has 6 unspecified atom stereocenters. The van der Waals surface area contributed by atoms with E-state index in [9.17, 15) is 34.5 Å². The highest BCUT2D eigenvalue weighted by Crippen LogP contribution is 2.27. The molecule has 0 radical (unpaired) electrons. The van der Waals surface area contributed by atoms with Crippen LogP contribution in [0.25, 0.3) is 0 Å². The number of aliphatic hydroxyl groups excluding tert-OH is 2. The van der Waals surface area contributed by atoms with Crippen LogP contribution in [-0.2, 0) is 42.9 Å². The standard InChI is InChI=1S/C71H118O12/c1-4-7-10-13-16-19-22-25-28-30-32-34-37-39-42-45-48-51-54-57-63(72)79-60-62(81-64(73)58-55-52-49-46-43-40-36-27-24-21-18-15-12-9-6-3)61-80-71-69(67(76)66(75)68(83-71)70(77)78)82-65(74)59-56-53-50-47-44-41-38-35-33-31-29-26-23-20-17-14-11-8-5-2/h9,12,16,18-19,21,25,27-28,32,34,36,43,46,52,55,62,66-69,71,75-76H,4-8,10-11,13-15,17,20,22-24,26,29-31,33,35,37-42,44-45,47-51,53-54,56-61H2,1-3H3,(H,77,78)/b12-9-,19-16-,21-18-,28-25-,34-32-,36-27-,46-43-,55-52-. The Morgan fingerprint density at radius 1 is 0.422 bits per heavy atom. The summed E-state index contributed by atoms with van der Waals surface area (Å²) < 4.78 is 28.4. The Bertz CT molecular complexity index is 1810. The molecule has 0 bridgehead atoms. The van der Waals surface area contributed by atoms with Crippen LogP contribution in [0, 0.1) is 0 Å². The molecule has 0 aromatic carbocycles. The monoisotopic (exact) mass is 1160 g/mol. The van der Waals surface area contributed by atoms with Gasteiger partial charge in [-0.25, -0.2) is 4.79 Å². The average molecular weight is 1160 g/mol. The molecule has 1 aliphatic rings. The molecule has 3 N–H and O–H groups in total. The Labute approximate surface area is 504 Å². The molecular weight excluding hydrogens is 1040 g/mol. The Kier molecular flexibility index (Phi) is 53.6. The van der Waals surface area contributed by atoms with E-state index in [1.165, 1.54) is 116 Å². The van der Waals surface area contributed by atoms with Crippen molar-refractivity contribution in [2.24, 2.45) is 0 Å². The number of aliphatic hydroxyl groups is 2. The number of rotatable bonds is 56. The smallest absolute Gasteiger partial charge is 0.335 e. The number of carboxylic acid groups (broad SMARTS) is 1. The minimum Gasteiger partial charge on any atom is -0.479 e. The van der Waals surface area contributed by atoms with Gasteiger partial charge < -0.3 is 39.0 Å². The van der Waals surface area contributed by atoms with Crippen LogP contribution in [-0.4, -0.2) is 89.2 Å². The fraction of sp³-hybridized carbons (Fsp3) is 0.718. The van der Waals surface area contributed by atoms with Crippen LogP contribution in [0.15, 0.2) is 97.2 Å². The highest BCUT2D eigenvalue weighted by atomic mass is 16.7. The SMILES string of the molecule is CC/C=C\C/C=C\C/C=C\C/C=C\C/C=C\CC(=O)OC(COC(=O)CCCCCCCC/C=C\C/C=C\C/C=C\CCCCC)COC1OC(C(=O)O)C(O)C(O)C1OC(=O)CCCCCCCCCCCCCCCCCCCCC. The third-order valence-electron chi connectivity index (χ3n) is 14.7. The van der Waals surface area contributed by atoms with Gasteiger partial charge in [-0.1, -0.05) is 272 Å². The molecule has 474 valence electrons. The van der Waals surface area contributed by atoms with Crippen molar-refractivity contribution >= 4 is 23.9 Å². The van der Waals surface area contributed by atoms with Gasteiger partial charge in [-0.15, -0.1) is 0 Å². The van der Waals surface area contributed by atoms with E-state index >= 15 is 0 Å². The lowest BCUT2D eigenvalue weighted by Gasteiger charge is -2.40. The molecular formula is C71H118O12. The summed E-state index contributed by atoms with van der Waals surface area (Å²) in [7, 11) is 0. The van der Waals surface area contributed by atoms with E-state index in [2.05, 4.69) is 99.8 Å². The van der Waals surface area contributed by atoms with Crippen LogP contribution >= 0.6 is 0 Å². The lowest BCUT2D eigenvalue weighted by molar-refractivity contribution is -0.301. The van der Waals surface area contributed by atoms with Crippen molar-refractivity contribution < 1.29 is 58.2 Å². The van der Waals surface area contributed by atoms with E-state index < -0.39 is 67.3 Å². The Hall–Kier alpha value is -4.36. The maximum Gasteiger partial charge on any atom is 0.335 e. The van der Waals surface area contributed by atoms with E-state index in [4.69, 9.17) is 23.7 Å². The van der Waals surface area contributed by atoms with Gasteiger partial charge in [-0.05, 0) is 83.5 Å². The summed E-state index contributed by atoms with van der Waals surface area (Å²) in [6.45, 7) is 5.79. The van der Waals surface area contributed by atoms with E-state index in [1.807, 2.05) is 12.2 Å². The second-order valence-electron chi connectivity index (χ2n) is 22.4.